The van der Waals surface area contributed by atoms with Gasteiger partial charge in [-0.25, -0.2) is 4.79 Å². The zero-order valence-corrected chi connectivity index (χ0v) is 16.9. The topological polar surface area (TPSA) is 83.4 Å². The molecule has 7 nitrogen and oxygen atoms in total. The first-order valence-electron chi connectivity index (χ1n) is 9.41. The van der Waals surface area contributed by atoms with Crippen molar-refractivity contribution in [2.75, 3.05) is 24.2 Å². The molecular formula is C21H28N4O3. The van der Waals surface area contributed by atoms with E-state index in [2.05, 4.69) is 17.6 Å². The number of pyridine rings is 1. The van der Waals surface area contributed by atoms with E-state index < -0.39 is 11.6 Å². The number of hydrogen-bond donors (Lipinski definition) is 2. The second kappa shape index (κ2) is 9.73. The zero-order valence-electron chi connectivity index (χ0n) is 16.9. The van der Waals surface area contributed by atoms with Gasteiger partial charge in [-0.15, -0.1) is 0 Å². The molecule has 0 spiro atoms. The van der Waals surface area contributed by atoms with Gasteiger partial charge in [0.25, 0.3) is 5.56 Å². The van der Waals surface area contributed by atoms with Crippen LogP contribution in [0.5, 0.6) is 0 Å². The predicted molar refractivity (Wildman–Crippen MR) is 112 cm³/mol. The number of nitrogens with zero attached hydrogens (tertiary/aromatic N) is 2. The van der Waals surface area contributed by atoms with Crippen LogP contribution in [0.1, 0.15) is 31.0 Å². The highest BCUT2D eigenvalue weighted by Crippen LogP contribution is 2.10. The molecule has 0 radical (unpaired) electrons. The second-order valence-electron chi connectivity index (χ2n) is 6.89. The van der Waals surface area contributed by atoms with E-state index in [1.807, 2.05) is 19.1 Å². The van der Waals surface area contributed by atoms with Crippen molar-refractivity contribution >= 4 is 23.3 Å². The maximum Gasteiger partial charge on any atom is 0.323 e. The van der Waals surface area contributed by atoms with Gasteiger partial charge in [0.05, 0.1) is 0 Å². The van der Waals surface area contributed by atoms with Crippen LogP contribution in [0.3, 0.4) is 0 Å². The summed E-state index contributed by atoms with van der Waals surface area (Å²) >= 11 is 0. The van der Waals surface area contributed by atoms with Gasteiger partial charge in [0.15, 0.2) is 0 Å². The van der Waals surface area contributed by atoms with Gasteiger partial charge in [-0.2, -0.15) is 0 Å². The van der Waals surface area contributed by atoms with Gasteiger partial charge in [0.2, 0.25) is 5.91 Å². The molecule has 3 amide bonds. The van der Waals surface area contributed by atoms with Gasteiger partial charge in [-0.3, -0.25) is 9.59 Å². The number of hydrogen-bond acceptors (Lipinski definition) is 3. The predicted octanol–water partition coefficient (Wildman–Crippen LogP) is 3.37. The monoisotopic (exact) mass is 384 g/mol. The molecule has 2 aromatic rings. The summed E-state index contributed by atoms with van der Waals surface area (Å²) < 4.78 is 1.38. The number of unbranched alkanes of at least 4 members (excludes halogenated alkanes) is 1. The summed E-state index contributed by atoms with van der Waals surface area (Å²) in [4.78, 5) is 39.0. The minimum atomic E-state index is -0.511. The molecule has 7 heteroatoms. The summed E-state index contributed by atoms with van der Waals surface area (Å²) in [6.07, 6.45) is 1.91. The van der Waals surface area contributed by atoms with Crippen LogP contribution in [0, 0.1) is 13.8 Å². The number of amides is 3. The van der Waals surface area contributed by atoms with Crippen LogP contribution in [0.25, 0.3) is 0 Å². The van der Waals surface area contributed by atoms with Gasteiger partial charge in [-0.1, -0.05) is 31.0 Å². The minimum Gasteiger partial charge on any atom is -0.344 e. The van der Waals surface area contributed by atoms with Crippen LogP contribution >= 0.6 is 0 Å². The van der Waals surface area contributed by atoms with Crippen molar-refractivity contribution in [1.82, 2.24) is 9.47 Å². The van der Waals surface area contributed by atoms with E-state index in [-0.39, 0.29) is 18.1 Å². The number of urea groups is 1. The van der Waals surface area contributed by atoms with E-state index in [1.54, 1.807) is 43.1 Å². The summed E-state index contributed by atoms with van der Waals surface area (Å²) in [7, 11) is 1.73. The first-order valence-corrected chi connectivity index (χ1v) is 9.41. The van der Waals surface area contributed by atoms with Gasteiger partial charge < -0.3 is 20.1 Å². The quantitative estimate of drug-likeness (QED) is 0.768. The summed E-state index contributed by atoms with van der Waals surface area (Å²) in [5, 5.41) is 5.26. The van der Waals surface area contributed by atoms with Crippen LogP contribution < -0.4 is 16.2 Å². The van der Waals surface area contributed by atoms with E-state index in [1.165, 1.54) is 4.57 Å². The highest BCUT2D eigenvalue weighted by atomic mass is 16.2. The SMILES string of the molecule is CCCCN(C)C(=O)Cn1c(C)ccc(NC(=O)Nc2ccc(C)cc2)c1=O. The molecule has 0 aliphatic heterocycles. The van der Waals surface area contributed by atoms with Crippen LogP contribution in [0.15, 0.2) is 41.2 Å². The Bertz CT molecular complexity index is 888. The van der Waals surface area contributed by atoms with Crippen molar-refractivity contribution < 1.29 is 9.59 Å². The minimum absolute atomic E-state index is 0.0556. The number of rotatable bonds is 7. The molecule has 1 aromatic carbocycles. The normalized spacial score (nSPS) is 10.4. The molecule has 2 N–H and O–H groups in total. The van der Waals surface area contributed by atoms with Gasteiger partial charge in [0, 0.05) is 25.0 Å². The Labute approximate surface area is 165 Å². The van der Waals surface area contributed by atoms with Gasteiger partial charge in [0.1, 0.15) is 12.2 Å². The highest BCUT2D eigenvalue weighted by Gasteiger charge is 2.14. The average molecular weight is 384 g/mol. The molecule has 0 unspecified atom stereocenters. The number of aryl methyl sites for hydroxylation is 2. The molecule has 2 rings (SSSR count). The molecule has 28 heavy (non-hydrogen) atoms. The molecule has 150 valence electrons. The number of anilines is 2. The maximum absolute atomic E-state index is 12.7. The molecule has 1 heterocycles. The molecule has 0 atom stereocenters. The second-order valence-corrected chi connectivity index (χ2v) is 6.89. The largest absolute Gasteiger partial charge is 0.344 e. The van der Waals surface area contributed by atoms with E-state index in [9.17, 15) is 14.4 Å². The summed E-state index contributed by atoms with van der Waals surface area (Å²) in [5.74, 6) is -0.139. The van der Waals surface area contributed by atoms with Crippen LogP contribution in [0.4, 0.5) is 16.2 Å². The Balaban J connectivity index is 2.10. The number of aromatic nitrogens is 1. The molecular weight excluding hydrogens is 356 g/mol. The number of carbonyl (C=O) groups is 2. The Morgan fingerprint density at radius 3 is 2.36 bits per heavy atom. The number of benzene rings is 1. The molecule has 0 aliphatic rings. The molecule has 0 aliphatic carbocycles. The van der Waals surface area contributed by atoms with Crippen molar-refractivity contribution in [2.24, 2.45) is 0 Å². The lowest BCUT2D eigenvalue weighted by Crippen LogP contribution is -2.36. The van der Waals surface area contributed by atoms with Gasteiger partial charge in [-0.05, 0) is 44.5 Å². The Kier molecular flexibility index (Phi) is 7.37. The first kappa shape index (κ1) is 21.2. The lowest BCUT2D eigenvalue weighted by Gasteiger charge is -2.19. The van der Waals surface area contributed by atoms with Crippen molar-refractivity contribution in [3.8, 4) is 0 Å². The average Bonchev–Trinajstić information content (AvgIpc) is 2.67. The molecule has 0 saturated carbocycles. The first-order chi connectivity index (χ1) is 13.3. The van der Waals surface area contributed by atoms with Crippen molar-refractivity contribution in [3.05, 3.63) is 58.0 Å². The molecule has 0 fully saturated rings. The molecule has 0 saturated heterocycles. The Hall–Kier alpha value is -3.09. The summed E-state index contributed by atoms with van der Waals surface area (Å²) in [6, 6.07) is 10.1. The summed E-state index contributed by atoms with van der Waals surface area (Å²) in [6.45, 7) is 6.38. The van der Waals surface area contributed by atoms with E-state index in [0.717, 1.165) is 18.4 Å². The Morgan fingerprint density at radius 1 is 1.04 bits per heavy atom. The maximum atomic E-state index is 12.7. The van der Waals surface area contributed by atoms with Gasteiger partial charge >= 0.3 is 6.03 Å². The fraction of sp³-hybridized carbons (Fsp3) is 0.381. The van der Waals surface area contributed by atoms with E-state index >= 15 is 0 Å². The smallest absolute Gasteiger partial charge is 0.323 e. The lowest BCUT2D eigenvalue weighted by molar-refractivity contribution is -0.130. The lowest BCUT2D eigenvalue weighted by atomic mass is 10.2. The fourth-order valence-corrected chi connectivity index (χ4v) is 2.66. The highest BCUT2D eigenvalue weighted by molar-refractivity contribution is 5.99. The van der Waals surface area contributed by atoms with Crippen LogP contribution in [-0.4, -0.2) is 35.0 Å². The van der Waals surface area contributed by atoms with E-state index in [0.29, 0.717) is 17.9 Å². The fourth-order valence-electron chi connectivity index (χ4n) is 2.66. The number of likely N-dealkylation sites (N-methyl/N-ethyl adjacent to an activating group) is 1. The van der Waals surface area contributed by atoms with Crippen LogP contribution in [0.2, 0.25) is 0 Å². The molecule has 0 bridgehead atoms. The van der Waals surface area contributed by atoms with Crippen molar-refractivity contribution in [1.29, 1.82) is 0 Å². The molecule has 1 aromatic heterocycles. The van der Waals surface area contributed by atoms with Crippen LogP contribution in [-0.2, 0) is 11.3 Å². The zero-order chi connectivity index (χ0) is 20.7. The Morgan fingerprint density at radius 2 is 1.71 bits per heavy atom. The third-order valence-electron chi connectivity index (χ3n) is 4.52. The third kappa shape index (κ3) is 5.70. The van der Waals surface area contributed by atoms with E-state index in [4.69, 9.17) is 0 Å². The summed E-state index contributed by atoms with van der Waals surface area (Å²) in [5.41, 5.74) is 2.09. The van der Waals surface area contributed by atoms with Crippen molar-refractivity contribution in [3.63, 3.8) is 0 Å². The third-order valence-corrected chi connectivity index (χ3v) is 4.52. The van der Waals surface area contributed by atoms with Crippen molar-refractivity contribution in [2.45, 2.75) is 40.2 Å². The standard InChI is InChI=1S/C21H28N4O3/c1-5-6-13-24(4)19(26)14-25-16(3)9-12-18(20(25)27)23-21(28)22-17-10-7-15(2)8-11-17/h7-12H,5-6,13-14H2,1-4H3,(H2,22,23,28). The number of nitrogens with one attached hydrogen (secondary N) is 2. The number of carbonyl (C=O) groups excluding carboxylic acids is 2.